The third-order valence-corrected chi connectivity index (χ3v) is 7.03. The number of hydrogen-bond donors (Lipinski definition) is 0. The SMILES string of the molecule is [2H]C([2H])([2H])C(C)c1cccc(C(C)C)c1-c1c(C)n2c3c4c(cccc4c4ccccc4[n+]13)C2. The van der Waals surface area contributed by atoms with Gasteiger partial charge in [0.05, 0.1) is 5.39 Å². The average Bonchev–Trinajstić information content (AvgIpc) is 3.32. The molecule has 0 N–H and O–H groups in total. The van der Waals surface area contributed by atoms with Crippen LogP contribution in [0.4, 0.5) is 0 Å². The van der Waals surface area contributed by atoms with Gasteiger partial charge in [0.2, 0.25) is 0 Å². The summed E-state index contributed by atoms with van der Waals surface area (Å²) in [6.07, 6.45) is 0. The molecule has 0 radical (unpaired) electrons. The molecule has 1 unspecified atom stereocenters. The standard InChI is InChI=1S/C29H29N2/c1-17(2)21-12-9-13-22(18(3)4)27(21)28-19(5)30-16-20-10-8-14-24-23-11-6-7-15-25(23)31(28)29(30)26(20)24/h6-15,17-18H,16H2,1-5H3/q+1/i1D3. The minimum absolute atomic E-state index is 0.266. The van der Waals surface area contributed by atoms with Crippen molar-refractivity contribution in [3.05, 3.63) is 83.0 Å². The Labute approximate surface area is 188 Å². The summed E-state index contributed by atoms with van der Waals surface area (Å²) in [6.45, 7) is 7.19. The van der Waals surface area contributed by atoms with Gasteiger partial charge in [0, 0.05) is 32.9 Å². The molecule has 5 aromatic rings. The van der Waals surface area contributed by atoms with Crippen LogP contribution in [-0.4, -0.2) is 4.57 Å². The van der Waals surface area contributed by atoms with Crippen LogP contribution < -0.4 is 4.40 Å². The summed E-state index contributed by atoms with van der Waals surface area (Å²) in [7, 11) is 0. The molecule has 0 fully saturated rings. The maximum atomic E-state index is 8.20. The van der Waals surface area contributed by atoms with Gasteiger partial charge < -0.3 is 0 Å². The lowest BCUT2D eigenvalue weighted by atomic mass is 9.86. The van der Waals surface area contributed by atoms with Crippen molar-refractivity contribution in [2.75, 3.05) is 0 Å². The molecule has 154 valence electrons. The van der Waals surface area contributed by atoms with E-state index in [0.29, 0.717) is 0 Å². The molecule has 3 heterocycles. The van der Waals surface area contributed by atoms with Gasteiger partial charge in [0.15, 0.2) is 5.69 Å². The Bertz CT molecular complexity index is 1620. The number of imidazole rings is 1. The molecule has 31 heavy (non-hydrogen) atoms. The molecule has 2 heteroatoms. The minimum atomic E-state index is -2.07. The Morgan fingerprint density at radius 2 is 1.58 bits per heavy atom. The number of rotatable bonds is 3. The van der Waals surface area contributed by atoms with Gasteiger partial charge in [-0.15, -0.1) is 0 Å². The lowest BCUT2D eigenvalue weighted by Gasteiger charge is -2.18. The normalized spacial score (nSPS) is 15.8. The average molecular weight is 409 g/mol. The van der Waals surface area contributed by atoms with Gasteiger partial charge >= 0.3 is 0 Å². The largest absolute Gasteiger partial charge is 0.296 e. The number of benzene rings is 3. The second kappa shape index (κ2) is 6.43. The Morgan fingerprint density at radius 1 is 0.871 bits per heavy atom. The molecule has 1 aliphatic rings. The van der Waals surface area contributed by atoms with Gasteiger partial charge in [-0.2, -0.15) is 4.40 Å². The van der Waals surface area contributed by atoms with Gasteiger partial charge in [0.1, 0.15) is 17.8 Å². The van der Waals surface area contributed by atoms with Crippen molar-refractivity contribution in [2.45, 2.75) is 52.9 Å². The predicted octanol–water partition coefficient (Wildman–Crippen LogP) is 7.12. The van der Waals surface area contributed by atoms with Crippen molar-refractivity contribution < 1.29 is 8.51 Å². The van der Waals surface area contributed by atoms with Crippen LogP contribution in [-0.2, 0) is 6.54 Å². The molecular weight excluding hydrogens is 376 g/mol. The molecule has 2 nitrogen and oxygen atoms in total. The van der Waals surface area contributed by atoms with Crippen molar-refractivity contribution in [3.8, 4) is 11.3 Å². The molecule has 0 aliphatic carbocycles. The topological polar surface area (TPSA) is 9.03 Å². The lowest BCUT2D eigenvalue weighted by molar-refractivity contribution is -0.466. The van der Waals surface area contributed by atoms with E-state index >= 15 is 0 Å². The van der Waals surface area contributed by atoms with E-state index in [1.165, 1.54) is 38.6 Å². The first-order valence-electron chi connectivity index (χ1n) is 12.7. The first-order valence-corrected chi connectivity index (χ1v) is 11.2. The first-order chi connectivity index (χ1) is 16.2. The Kier molecular flexibility index (Phi) is 3.25. The van der Waals surface area contributed by atoms with Crippen molar-refractivity contribution in [3.63, 3.8) is 0 Å². The van der Waals surface area contributed by atoms with Crippen LogP contribution in [0.3, 0.4) is 0 Å². The van der Waals surface area contributed by atoms with E-state index in [2.05, 4.69) is 78.3 Å². The Hall–Kier alpha value is -3.13. The Morgan fingerprint density at radius 3 is 2.35 bits per heavy atom. The van der Waals surface area contributed by atoms with Gasteiger partial charge in [-0.3, -0.25) is 0 Å². The van der Waals surface area contributed by atoms with Crippen LogP contribution >= 0.6 is 0 Å². The van der Waals surface area contributed by atoms with Crippen LogP contribution in [0.15, 0.2) is 60.7 Å². The number of nitrogens with zero attached hydrogens (tertiary/aromatic N) is 2. The molecule has 3 aromatic carbocycles. The van der Waals surface area contributed by atoms with Crippen LogP contribution in [0.2, 0.25) is 0 Å². The molecule has 1 atom stereocenters. The van der Waals surface area contributed by atoms with Crippen molar-refractivity contribution in [1.29, 1.82) is 0 Å². The molecule has 0 saturated heterocycles. The van der Waals surface area contributed by atoms with Crippen LogP contribution in [0.25, 0.3) is 38.6 Å². The van der Waals surface area contributed by atoms with E-state index < -0.39 is 12.8 Å². The summed E-state index contributed by atoms with van der Waals surface area (Å²) in [4.78, 5) is 0. The lowest BCUT2D eigenvalue weighted by Crippen LogP contribution is -2.25. The zero-order valence-electron chi connectivity index (χ0n) is 21.5. The van der Waals surface area contributed by atoms with E-state index in [4.69, 9.17) is 4.11 Å². The highest BCUT2D eigenvalue weighted by Gasteiger charge is 2.35. The van der Waals surface area contributed by atoms with Crippen LogP contribution in [0.5, 0.6) is 0 Å². The molecule has 0 saturated carbocycles. The second-order valence-corrected chi connectivity index (χ2v) is 9.22. The zero-order chi connectivity index (χ0) is 23.9. The first kappa shape index (κ1) is 15.6. The maximum absolute atomic E-state index is 8.20. The predicted molar refractivity (Wildman–Crippen MR) is 130 cm³/mol. The highest BCUT2D eigenvalue weighted by atomic mass is 15.2. The molecule has 0 bridgehead atoms. The summed E-state index contributed by atoms with van der Waals surface area (Å²) in [5, 5.41) is 3.82. The molecule has 2 aromatic heterocycles. The van der Waals surface area contributed by atoms with Crippen molar-refractivity contribution >= 4 is 27.3 Å². The third kappa shape index (κ3) is 2.36. The second-order valence-electron chi connectivity index (χ2n) is 9.22. The highest BCUT2D eigenvalue weighted by Crippen LogP contribution is 2.41. The molecule has 0 amide bonds. The van der Waals surface area contributed by atoms with Crippen LogP contribution in [0.1, 0.15) is 66.0 Å². The summed E-state index contributed by atoms with van der Waals surface area (Å²) in [6, 6.07) is 21.4. The number of fused-ring (bicyclic) bond motifs is 3. The maximum Gasteiger partial charge on any atom is 0.296 e. The summed E-state index contributed by atoms with van der Waals surface area (Å²) in [5.74, 6) is -0.299. The molecule has 1 aliphatic heterocycles. The number of para-hydroxylation sites is 1. The van der Waals surface area contributed by atoms with E-state index in [9.17, 15) is 0 Å². The van der Waals surface area contributed by atoms with E-state index in [0.717, 1.165) is 28.9 Å². The summed E-state index contributed by atoms with van der Waals surface area (Å²) in [5.41, 5.74) is 9.20. The fraction of sp³-hybridized carbons (Fsp3) is 0.276. The fourth-order valence-electron chi connectivity index (χ4n) is 5.63. The van der Waals surface area contributed by atoms with Gasteiger partial charge in [-0.05, 0) is 29.0 Å². The highest BCUT2D eigenvalue weighted by molar-refractivity contribution is 6.11. The monoisotopic (exact) mass is 408 g/mol. The van der Waals surface area contributed by atoms with Gasteiger partial charge in [0.25, 0.3) is 5.65 Å². The molecule has 0 spiro atoms. The van der Waals surface area contributed by atoms with E-state index in [1.807, 2.05) is 19.1 Å². The smallest absolute Gasteiger partial charge is 0.222 e. The molecular formula is C29H29N2+. The zero-order valence-corrected chi connectivity index (χ0v) is 18.5. The summed E-state index contributed by atoms with van der Waals surface area (Å²) < 4.78 is 29.4. The fourth-order valence-corrected chi connectivity index (χ4v) is 5.63. The van der Waals surface area contributed by atoms with Gasteiger partial charge in [-0.1, -0.05) is 82.2 Å². The summed E-state index contributed by atoms with van der Waals surface area (Å²) >= 11 is 0. The molecule has 6 rings (SSSR count). The number of pyridine rings is 1. The van der Waals surface area contributed by atoms with Crippen LogP contribution in [0, 0.1) is 6.92 Å². The van der Waals surface area contributed by atoms with Gasteiger partial charge in [-0.25, -0.2) is 4.57 Å². The van der Waals surface area contributed by atoms with E-state index in [-0.39, 0.29) is 5.92 Å². The van der Waals surface area contributed by atoms with Crippen molar-refractivity contribution in [1.82, 2.24) is 4.57 Å². The Balaban J connectivity index is 1.85. The third-order valence-electron chi connectivity index (χ3n) is 7.03. The van der Waals surface area contributed by atoms with E-state index in [1.54, 1.807) is 0 Å². The van der Waals surface area contributed by atoms with Crippen molar-refractivity contribution in [2.24, 2.45) is 0 Å². The quantitative estimate of drug-likeness (QED) is 0.218. The number of hydrogen-bond acceptors (Lipinski definition) is 0. The number of aromatic nitrogens is 2. The minimum Gasteiger partial charge on any atom is -0.222 e.